The van der Waals surface area contributed by atoms with Crippen molar-refractivity contribution in [3.8, 4) is 0 Å². The molecule has 2 rings (SSSR count). The summed E-state index contributed by atoms with van der Waals surface area (Å²) in [5.74, 6) is -0.877. The highest BCUT2D eigenvalue weighted by atomic mass is 32.2. The minimum absolute atomic E-state index is 0.00881. The highest BCUT2D eigenvalue weighted by molar-refractivity contribution is 7.99. The minimum atomic E-state index is -0.540. The van der Waals surface area contributed by atoms with Crippen molar-refractivity contribution in [3.63, 3.8) is 0 Å². The molecule has 0 saturated heterocycles. The lowest BCUT2D eigenvalue weighted by molar-refractivity contribution is -0.113. The molecular formula is C16H17N3O5S. The van der Waals surface area contributed by atoms with E-state index < -0.39 is 5.97 Å². The number of aromatic amines is 1. The quantitative estimate of drug-likeness (QED) is 0.435. The number of H-pyrrole nitrogens is 1. The number of carbonyl (C=O) groups excluding carboxylic acids is 2. The van der Waals surface area contributed by atoms with E-state index in [0.29, 0.717) is 16.5 Å². The molecule has 0 atom stereocenters. The maximum atomic E-state index is 12.1. The van der Waals surface area contributed by atoms with Crippen LogP contribution in [0.5, 0.6) is 0 Å². The van der Waals surface area contributed by atoms with E-state index in [4.69, 9.17) is 4.74 Å². The summed E-state index contributed by atoms with van der Waals surface area (Å²) >= 11 is 1.07. The van der Waals surface area contributed by atoms with Crippen LogP contribution >= 0.6 is 11.8 Å². The summed E-state index contributed by atoms with van der Waals surface area (Å²) < 4.78 is 9.62. The second-order valence-electron chi connectivity index (χ2n) is 4.85. The van der Waals surface area contributed by atoms with Gasteiger partial charge in [0.15, 0.2) is 5.16 Å². The maximum absolute atomic E-state index is 12.1. The fourth-order valence-electron chi connectivity index (χ4n) is 1.97. The number of nitrogens with one attached hydrogen (secondary N) is 2. The highest BCUT2D eigenvalue weighted by Crippen LogP contribution is 2.17. The van der Waals surface area contributed by atoms with Crippen LogP contribution in [-0.2, 0) is 20.9 Å². The molecule has 1 heterocycles. The molecule has 0 bridgehead atoms. The first-order valence-electron chi connectivity index (χ1n) is 7.22. The molecule has 1 aromatic heterocycles. The summed E-state index contributed by atoms with van der Waals surface area (Å²) in [5, 5.41) is 2.96. The van der Waals surface area contributed by atoms with Crippen LogP contribution in [0.3, 0.4) is 0 Å². The number of aromatic nitrogens is 2. The van der Waals surface area contributed by atoms with Crippen molar-refractivity contribution >= 4 is 29.3 Å². The Morgan fingerprint density at radius 2 is 2.04 bits per heavy atom. The molecule has 25 heavy (non-hydrogen) atoms. The summed E-state index contributed by atoms with van der Waals surface area (Å²) in [4.78, 5) is 42.1. The van der Waals surface area contributed by atoms with Crippen LogP contribution < -0.4 is 10.9 Å². The number of ether oxygens (including phenoxy) is 2. The number of hydrogen-bond donors (Lipinski definition) is 2. The lowest BCUT2D eigenvalue weighted by Crippen LogP contribution is -2.18. The molecule has 0 fully saturated rings. The van der Waals surface area contributed by atoms with Crippen LogP contribution in [0.2, 0.25) is 0 Å². The van der Waals surface area contributed by atoms with E-state index in [1.54, 1.807) is 24.3 Å². The number of esters is 1. The van der Waals surface area contributed by atoms with Gasteiger partial charge < -0.3 is 19.8 Å². The monoisotopic (exact) mass is 363 g/mol. The van der Waals surface area contributed by atoms with E-state index >= 15 is 0 Å². The van der Waals surface area contributed by atoms with Gasteiger partial charge in [0.25, 0.3) is 5.56 Å². The zero-order chi connectivity index (χ0) is 18.2. The molecule has 0 unspecified atom stereocenters. The van der Waals surface area contributed by atoms with Gasteiger partial charge in [-0.3, -0.25) is 9.59 Å². The molecule has 1 aromatic carbocycles. The molecule has 8 nitrogen and oxygen atoms in total. The number of thioether (sulfide) groups is 1. The van der Waals surface area contributed by atoms with E-state index in [2.05, 4.69) is 20.0 Å². The Bertz CT molecular complexity index is 821. The number of rotatable bonds is 7. The van der Waals surface area contributed by atoms with Gasteiger partial charge in [0, 0.05) is 13.2 Å². The van der Waals surface area contributed by atoms with Gasteiger partial charge in [-0.1, -0.05) is 23.9 Å². The third-order valence-corrected chi connectivity index (χ3v) is 3.88. The average molecular weight is 363 g/mol. The van der Waals surface area contributed by atoms with E-state index in [-0.39, 0.29) is 29.4 Å². The molecule has 0 spiro atoms. The molecule has 2 aromatic rings. The fourth-order valence-corrected chi connectivity index (χ4v) is 2.67. The van der Waals surface area contributed by atoms with Crippen LogP contribution in [0.25, 0.3) is 0 Å². The Balaban J connectivity index is 2.02. The van der Waals surface area contributed by atoms with Gasteiger partial charge in [-0.2, -0.15) is 0 Å². The van der Waals surface area contributed by atoms with Gasteiger partial charge in [0.2, 0.25) is 5.91 Å². The van der Waals surface area contributed by atoms with Crippen molar-refractivity contribution in [2.75, 3.05) is 25.3 Å². The van der Waals surface area contributed by atoms with Gasteiger partial charge in [-0.25, -0.2) is 9.78 Å². The first-order valence-corrected chi connectivity index (χ1v) is 8.21. The molecule has 0 radical (unpaired) electrons. The summed E-state index contributed by atoms with van der Waals surface area (Å²) in [5.41, 5.74) is 0.776. The SMILES string of the molecule is COCc1cc(=O)[nH]c(SCC(=O)Nc2ccccc2C(=O)OC)n1. The van der Waals surface area contributed by atoms with Gasteiger partial charge in [0.05, 0.1) is 36.4 Å². The highest BCUT2D eigenvalue weighted by Gasteiger charge is 2.14. The second kappa shape index (κ2) is 9.00. The molecule has 2 N–H and O–H groups in total. The minimum Gasteiger partial charge on any atom is -0.465 e. The van der Waals surface area contributed by atoms with Crippen molar-refractivity contribution in [2.45, 2.75) is 11.8 Å². The van der Waals surface area contributed by atoms with Gasteiger partial charge in [-0.15, -0.1) is 0 Å². The normalized spacial score (nSPS) is 10.3. The molecular weight excluding hydrogens is 346 g/mol. The van der Waals surface area contributed by atoms with Crippen molar-refractivity contribution in [2.24, 2.45) is 0 Å². The van der Waals surface area contributed by atoms with E-state index in [1.807, 2.05) is 0 Å². The first-order chi connectivity index (χ1) is 12.0. The van der Waals surface area contributed by atoms with Gasteiger partial charge in [0.1, 0.15) is 0 Å². The number of hydrogen-bond acceptors (Lipinski definition) is 7. The summed E-state index contributed by atoms with van der Waals surface area (Å²) in [6.45, 7) is 0.205. The van der Waals surface area contributed by atoms with E-state index in [0.717, 1.165) is 11.8 Å². The van der Waals surface area contributed by atoms with Gasteiger partial charge >= 0.3 is 5.97 Å². The Labute approximate surface area is 148 Å². The molecule has 0 aliphatic carbocycles. The Morgan fingerprint density at radius 1 is 1.28 bits per heavy atom. The van der Waals surface area contributed by atoms with Crippen LogP contribution in [0.1, 0.15) is 16.1 Å². The summed E-state index contributed by atoms with van der Waals surface area (Å²) in [6, 6.07) is 7.87. The molecule has 9 heteroatoms. The van der Waals surface area contributed by atoms with Gasteiger partial charge in [-0.05, 0) is 12.1 Å². The number of benzene rings is 1. The standard InChI is InChI=1S/C16H17N3O5S/c1-23-8-10-7-13(20)19-16(17-10)25-9-14(21)18-12-6-4-3-5-11(12)15(22)24-2/h3-7H,8-9H2,1-2H3,(H,18,21)(H,17,19,20). The molecule has 132 valence electrons. The molecule has 0 aliphatic rings. The third-order valence-electron chi connectivity index (χ3n) is 3.01. The van der Waals surface area contributed by atoms with E-state index in [1.165, 1.54) is 20.3 Å². The van der Waals surface area contributed by atoms with Crippen molar-refractivity contribution in [1.82, 2.24) is 9.97 Å². The number of anilines is 1. The van der Waals surface area contributed by atoms with E-state index in [9.17, 15) is 14.4 Å². The number of amides is 1. The third kappa shape index (κ3) is 5.44. The fraction of sp³-hybridized carbons (Fsp3) is 0.250. The number of carbonyl (C=O) groups is 2. The first kappa shape index (κ1) is 18.7. The average Bonchev–Trinajstić information content (AvgIpc) is 2.59. The number of para-hydroxylation sites is 1. The van der Waals surface area contributed by atoms with Crippen LogP contribution in [0.4, 0.5) is 5.69 Å². The zero-order valence-corrected chi connectivity index (χ0v) is 14.5. The molecule has 1 amide bonds. The predicted molar refractivity (Wildman–Crippen MR) is 92.7 cm³/mol. The summed E-state index contributed by atoms with van der Waals surface area (Å²) in [7, 11) is 2.77. The Hall–Kier alpha value is -2.65. The Morgan fingerprint density at radius 3 is 2.76 bits per heavy atom. The number of methoxy groups -OCH3 is 2. The summed E-state index contributed by atoms with van der Waals surface area (Å²) in [6.07, 6.45) is 0. The predicted octanol–water partition coefficient (Wildman–Crippen LogP) is 1.43. The van der Waals surface area contributed by atoms with Crippen LogP contribution in [-0.4, -0.2) is 41.8 Å². The number of nitrogens with zero attached hydrogens (tertiary/aromatic N) is 1. The van der Waals surface area contributed by atoms with Crippen molar-refractivity contribution in [1.29, 1.82) is 0 Å². The zero-order valence-electron chi connectivity index (χ0n) is 13.7. The smallest absolute Gasteiger partial charge is 0.339 e. The second-order valence-corrected chi connectivity index (χ2v) is 5.81. The largest absolute Gasteiger partial charge is 0.465 e. The molecule has 0 saturated carbocycles. The lowest BCUT2D eigenvalue weighted by atomic mass is 10.2. The lowest BCUT2D eigenvalue weighted by Gasteiger charge is -2.09. The van der Waals surface area contributed by atoms with Crippen molar-refractivity contribution < 1.29 is 19.1 Å². The van der Waals surface area contributed by atoms with Crippen molar-refractivity contribution in [3.05, 3.63) is 51.9 Å². The van der Waals surface area contributed by atoms with Crippen LogP contribution in [0, 0.1) is 0 Å². The Kier molecular flexibility index (Phi) is 6.72. The topological polar surface area (TPSA) is 110 Å². The molecule has 0 aliphatic heterocycles. The van der Waals surface area contributed by atoms with Crippen LogP contribution in [0.15, 0.2) is 40.3 Å². The maximum Gasteiger partial charge on any atom is 0.339 e.